The van der Waals surface area contributed by atoms with Crippen LogP contribution < -0.4 is 4.74 Å². The number of epoxide rings is 1. The van der Waals surface area contributed by atoms with Crippen molar-refractivity contribution in [1.82, 2.24) is 0 Å². The molecular weight excluding hydrogens is 472 g/mol. The molecule has 1 saturated heterocycles. The quantitative estimate of drug-likeness (QED) is 0.153. The van der Waals surface area contributed by atoms with E-state index >= 15 is 0 Å². The minimum absolute atomic E-state index is 0.0527. The van der Waals surface area contributed by atoms with Gasteiger partial charge in [0.1, 0.15) is 6.10 Å². The van der Waals surface area contributed by atoms with Crippen LogP contribution >= 0.6 is 0 Å². The molecule has 1 heterocycles. The molecule has 0 spiro atoms. The van der Waals surface area contributed by atoms with E-state index in [1.54, 1.807) is 42.5 Å². The fourth-order valence-corrected chi connectivity index (χ4v) is 4.84. The first-order valence-corrected chi connectivity index (χ1v) is 11.9. The highest BCUT2D eigenvalue weighted by Crippen LogP contribution is 2.41. The molecule has 2 aliphatic rings. The lowest BCUT2D eigenvalue weighted by atomic mass is 9.78. The van der Waals surface area contributed by atoms with Crippen molar-refractivity contribution in [3.8, 4) is 16.9 Å². The van der Waals surface area contributed by atoms with Crippen LogP contribution in [0.5, 0.6) is 5.75 Å². The SMILES string of the molecule is C=Cc1ccc(-c2ccc(OC(=O)C3CCC(c4ccc(C5CO5)c(F)c4F)CC3)c(F)c2F)cc1. The van der Waals surface area contributed by atoms with Crippen LogP contribution in [0, 0.1) is 29.2 Å². The number of esters is 1. The first-order valence-electron chi connectivity index (χ1n) is 11.9. The Morgan fingerprint density at radius 1 is 0.833 bits per heavy atom. The molecule has 0 N–H and O–H groups in total. The number of benzene rings is 3. The van der Waals surface area contributed by atoms with Crippen LogP contribution in [0.15, 0.2) is 55.1 Å². The largest absolute Gasteiger partial charge is 0.423 e. The van der Waals surface area contributed by atoms with Gasteiger partial charge >= 0.3 is 5.97 Å². The first-order chi connectivity index (χ1) is 17.4. The highest BCUT2D eigenvalue weighted by atomic mass is 19.2. The van der Waals surface area contributed by atoms with Crippen molar-refractivity contribution in [3.63, 3.8) is 0 Å². The van der Waals surface area contributed by atoms with Crippen LogP contribution in [-0.2, 0) is 9.53 Å². The van der Waals surface area contributed by atoms with E-state index in [-0.39, 0.29) is 28.7 Å². The molecule has 3 aromatic carbocycles. The van der Waals surface area contributed by atoms with E-state index in [0.717, 1.165) is 5.56 Å². The Kier molecular flexibility index (Phi) is 6.67. The average Bonchev–Trinajstić information content (AvgIpc) is 3.74. The minimum atomic E-state index is -1.24. The Hall–Kier alpha value is -3.45. The van der Waals surface area contributed by atoms with E-state index in [9.17, 15) is 22.4 Å². The maximum absolute atomic E-state index is 14.8. The van der Waals surface area contributed by atoms with Crippen LogP contribution in [0.25, 0.3) is 17.2 Å². The number of hydrogen-bond donors (Lipinski definition) is 0. The molecule has 0 radical (unpaired) electrons. The fraction of sp³-hybridized carbons (Fsp3) is 0.276. The first kappa shape index (κ1) is 24.3. The molecule has 186 valence electrons. The monoisotopic (exact) mass is 496 g/mol. The van der Waals surface area contributed by atoms with Gasteiger partial charge in [0.25, 0.3) is 0 Å². The van der Waals surface area contributed by atoms with E-state index in [4.69, 9.17) is 9.47 Å². The van der Waals surface area contributed by atoms with Crippen molar-refractivity contribution in [1.29, 1.82) is 0 Å². The van der Waals surface area contributed by atoms with E-state index in [2.05, 4.69) is 6.58 Å². The van der Waals surface area contributed by atoms with Gasteiger partial charge in [0.15, 0.2) is 23.2 Å². The average molecular weight is 497 g/mol. The zero-order valence-corrected chi connectivity index (χ0v) is 19.4. The predicted molar refractivity (Wildman–Crippen MR) is 127 cm³/mol. The zero-order valence-electron chi connectivity index (χ0n) is 19.4. The molecule has 3 aromatic rings. The summed E-state index contributed by atoms with van der Waals surface area (Å²) in [6.45, 7) is 4.05. The van der Waals surface area contributed by atoms with Crippen LogP contribution in [0.2, 0.25) is 0 Å². The number of ether oxygens (including phenoxy) is 2. The zero-order chi connectivity index (χ0) is 25.4. The lowest BCUT2D eigenvalue weighted by Crippen LogP contribution is -2.26. The van der Waals surface area contributed by atoms with Gasteiger partial charge in [0.2, 0.25) is 5.82 Å². The number of halogens is 4. The normalized spacial score (nSPS) is 21.2. The van der Waals surface area contributed by atoms with Crippen LogP contribution in [0.1, 0.15) is 54.4 Å². The molecule has 7 heteroatoms. The summed E-state index contributed by atoms with van der Waals surface area (Å²) in [4.78, 5) is 12.7. The Bertz CT molecular complexity index is 1310. The van der Waals surface area contributed by atoms with Gasteiger partial charge in [-0.15, -0.1) is 0 Å². The molecule has 1 saturated carbocycles. The smallest absolute Gasteiger partial charge is 0.314 e. The van der Waals surface area contributed by atoms with Crippen molar-refractivity contribution in [2.45, 2.75) is 37.7 Å². The predicted octanol–water partition coefficient (Wildman–Crippen LogP) is 7.50. The van der Waals surface area contributed by atoms with Gasteiger partial charge < -0.3 is 9.47 Å². The van der Waals surface area contributed by atoms with Crippen molar-refractivity contribution in [2.24, 2.45) is 5.92 Å². The summed E-state index contributed by atoms with van der Waals surface area (Å²) in [6, 6.07) is 12.5. The second kappa shape index (κ2) is 9.90. The van der Waals surface area contributed by atoms with Gasteiger partial charge in [-0.3, -0.25) is 4.79 Å². The molecule has 1 aliphatic carbocycles. The van der Waals surface area contributed by atoms with Gasteiger partial charge in [-0.2, -0.15) is 4.39 Å². The van der Waals surface area contributed by atoms with E-state index in [1.807, 2.05) is 0 Å². The summed E-state index contributed by atoms with van der Waals surface area (Å²) in [7, 11) is 0. The number of carbonyl (C=O) groups excluding carboxylic acids is 1. The van der Waals surface area contributed by atoms with Gasteiger partial charge in [-0.1, -0.05) is 49.1 Å². The van der Waals surface area contributed by atoms with Crippen molar-refractivity contribution < 1.29 is 31.8 Å². The van der Waals surface area contributed by atoms with Crippen LogP contribution in [-0.4, -0.2) is 12.6 Å². The molecule has 3 nitrogen and oxygen atoms in total. The summed E-state index contributed by atoms with van der Waals surface area (Å²) in [5.74, 6) is -6.01. The highest BCUT2D eigenvalue weighted by Gasteiger charge is 2.34. The molecule has 1 unspecified atom stereocenters. The Morgan fingerprint density at radius 2 is 1.47 bits per heavy atom. The second-order valence-electron chi connectivity index (χ2n) is 9.23. The number of rotatable bonds is 6. The molecule has 0 aromatic heterocycles. The second-order valence-corrected chi connectivity index (χ2v) is 9.23. The van der Waals surface area contributed by atoms with E-state index in [1.165, 1.54) is 12.1 Å². The van der Waals surface area contributed by atoms with E-state index < -0.39 is 40.9 Å². The van der Waals surface area contributed by atoms with E-state index in [0.29, 0.717) is 37.9 Å². The number of carbonyl (C=O) groups is 1. The summed E-state index contributed by atoms with van der Waals surface area (Å²) in [5.41, 5.74) is 1.89. The fourth-order valence-electron chi connectivity index (χ4n) is 4.84. The van der Waals surface area contributed by atoms with Gasteiger partial charge in [-0.05, 0) is 60.4 Å². The Labute approximate surface area is 206 Å². The lowest BCUT2D eigenvalue weighted by molar-refractivity contribution is -0.140. The van der Waals surface area contributed by atoms with Crippen LogP contribution in [0.4, 0.5) is 17.6 Å². The van der Waals surface area contributed by atoms with Gasteiger partial charge in [0.05, 0.1) is 12.5 Å². The summed E-state index contributed by atoms with van der Waals surface area (Å²) in [5, 5.41) is 0. The Morgan fingerprint density at radius 3 is 2.11 bits per heavy atom. The van der Waals surface area contributed by atoms with Gasteiger partial charge in [-0.25, -0.2) is 13.2 Å². The van der Waals surface area contributed by atoms with Crippen molar-refractivity contribution >= 4 is 12.0 Å². The molecule has 0 bridgehead atoms. The number of hydrogen-bond acceptors (Lipinski definition) is 3. The topological polar surface area (TPSA) is 38.8 Å². The van der Waals surface area contributed by atoms with Crippen LogP contribution in [0.3, 0.4) is 0 Å². The third kappa shape index (κ3) is 4.67. The molecule has 1 aliphatic heterocycles. The molecule has 2 fully saturated rings. The molecule has 5 rings (SSSR count). The minimum Gasteiger partial charge on any atom is -0.423 e. The maximum atomic E-state index is 14.8. The molecular formula is C29H24F4O3. The standard InChI is InChI=1S/C29H24F4O3/c1-2-16-3-5-17(6-4-16)21-13-14-23(28(33)26(21)31)36-29(34)19-9-7-18(8-10-19)20-11-12-22(24-15-35-24)27(32)25(20)30/h2-6,11-14,18-19,24H,1,7-10,15H2. The molecule has 1 atom stereocenters. The summed E-state index contributed by atoms with van der Waals surface area (Å²) >= 11 is 0. The Balaban J connectivity index is 1.23. The summed E-state index contributed by atoms with van der Waals surface area (Å²) < 4.78 is 68.8. The van der Waals surface area contributed by atoms with Crippen molar-refractivity contribution in [3.05, 3.63) is 95.1 Å². The highest BCUT2D eigenvalue weighted by molar-refractivity contribution is 5.76. The lowest BCUT2D eigenvalue weighted by Gasteiger charge is -2.28. The molecule has 0 amide bonds. The maximum Gasteiger partial charge on any atom is 0.314 e. The third-order valence-corrected chi connectivity index (χ3v) is 7.04. The summed E-state index contributed by atoms with van der Waals surface area (Å²) in [6.07, 6.45) is 2.91. The van der Waals surface area contributed by atoms with Crippen molar-refractivity contribution in [2.75, 3.05) is 6.61 Å². The molecule has 36 heavy (non-hydrogen) atoms. The third-order valence-electron chi connectivity index (χ3n) is 7.04. The van der Waals surface area contributed by atoms with Gasteiger partial charge in [0, 0.05) is 11.1 Å².